The molecule has 3 heteroatoms. The molecule has 0 aromatic heterocycles. The third kappa shape index (κ3) is 3.69. The van der Waals surface area contributed by atoms with Gasteiger partial charge in [-0.3, -0.25) is 4.79 Å². The second-order valence-electron chi connectivity index (χ2n) is 10.7. The Hall–Kier alpha value is -1.48. The van der Waals surface area contributed by atoms with Crippen molar-refractivity contribution in [3.05, 3.63) is 36.4 Å². The Morgan fingerprint density at radius 2 is 1.28 bits per heavy atom. The Kier molecular flexibility index (Phi) is 5.96. The summed E-state index contributed by atoms with van der Waals surface area (Å²) < 4.78 is 6.32. The molecule has 0 bridgehead atoms. The molecule has 2 aromatic carbocycles. The Balaban J connectivity index is 1.30. The highest BCUT2D eigenvalue weighted by atomic mass is 32.2. The molecule has 1 saturated heterocycles. The molecule has 170 valence electrons. The number of ether oxygens (including phenoxy) is 1. The molecule has 0 N–H and O–H groups in total. The number of hydrogen-bond acceptors (Lipinski definition) is 2. The molecule has 0 amide bonds. The maximum atomic E-state index is 13.7. The predicted octanol–water partition coefficient (Wildman–Crippen LogP) is 7.15. The van der Waals surface area contributed by atoms with Crippen LogP contribution in [-0.2, 0) is 15.7 Å². The molecule has 3 aliphatic carbocycles. The van der Waals surface area contributed by atoms with E-state index in [2.05, 4.69) is 36.4 Å². The summed E-state index contributed by atoms with van der Waals surface area (Å²) in [5.74, 6) is 6.32. The summed E-state index contributed by atoms with van der Waals surface area (Å²) >= 11 is 0. The van der Waals surface area contributed by atoms with Gasteiger partial charge in [-0.25, -0.2) is 0 Å². The normalized spacial score (nSPS) is 32.9. The van der Waals surface area contributed by atoms with Gasteiger partial charge in [0.05, 0.1) is 5.92 Å². The molecule has 4 unspecified atom stereocenters. The number of carbonyl (C=O) groups excluding carboxylic acids is 1. The van der Waals surface area contributed by atoms with E-state index in [-0.39, 0.29) is 11.9 Å². The van der Waals surface area contributed by atoms with Crippen molar-refractivity contribution in [2.24, 2.45) is 29.6 Å². The van der Waals surface area contributed by atoms with E-state index in [9.17, 15) is 4.79 Å². The lowest BCUT2D eigenvalue weighted by Crippen LogP contribution is -2.32. The summed E-state index contributed by atoms with van der Waals surface area (Å²) in [5.41, 5.74) is 0. The van der Waals surface area contributed by atoms with Crippen molar-refractivity contribution < 1.29 is 9.53 Å². The quantitative estimate of drug-likeness (QED) is 0.282. The molecule has 4 aliphatic rings. The smallest absolute Gasteiger partial charge is 0.314 e. The predicted molar refractivity (Wildman–Crippen MR) is 133 cm³/mol. The number of benzene rings is 2. The van der Waals surface area contributed by atoms with Gasteiger partial charge < -0.3 is 4.74 Å². The van der Waals surface area contributed by atoms with Gasteiger partial charge in [-0.1, -0.05) is 43.9 Å². The minimum atomic E-state index is 0.0781. The maximum absolute atomic E-state index is 13.7. The van der Waals surface area contributed by atoms with Gasteiger partial charge in [0, 0.05) is 21.7 Å². The van der Waals surface area contributed by atoms with Crippen LogP contribution in [0.5, 0.6) is 5.75 Å². The average molecular weight is 450 g/mol. The van der Waals surface area contributed by atoms with Crippen molar-refractivity contribution >= 4 is 27.6 Å². The molecule has 0 spiro atoms. The third-order valence-corrected chi connectivity index (χ3v) is 11.7. The molecule has 1 aliphatic heterocycles. The molecule has 4 fully saturated rings. The number of fused-ring (bicyclic) bond motifs is 4. The van der Waals surface area contributed by atoms with Crippen LogP contribution < -0.4 is 4.74 Å². The first kappa shape index (κ1) is 21.1. The van der Waals surface area contributed by atoms with Crippen LogP contribution >= 0.6 is 0 Å². The Labute approximate surface area is 195 Å². The fraction of sp³-hybridized carbons (Fsp3) is 0.621. The monoisotopic (exact) mass is 449 g/mol. The van der Waals surface area contributed by atoms with Crippen LogP contribution in [0.3, 0.4) is 0 Å². The Bertz CT molecular complexity index is 956. The van der Waals surface area contributed by atoms with Crippen molar-refractivity contribution in [3.8, 4) is 5.75 Å². The molecular formula is C29H37O2S+. The highest BCUT2D eigenvalue weighted by Gasteiger charge is 2.54. The van der Waals surface area contributed by atoms with Crippen LogP contribution in [0, 0.1) is 29.6 Å². The van der Waals surface area contributed by atoms with E-state index in [4.69, 9.17) is 4.74 Å². The summed E-state index contributed by atoms with van der Waals surface area (Å²) in [4.78, 5) is 15.2. The highest BCUT2D eigenvalue weighted by Crippen LogP contribution is 2.57. The zero-order chi connectivity index (χ0) is 21.5. The maximum Gasteiger partial charge on any atom is 0.314 e. The van der Waals surface area contributed by atoms with Crippen molar-refractivity contribution in [1.82, 2.24) is 0 Å². The van der Waals surface area contributed by atoms with E-state index in [1.807, 2.05) is 0 Å². The van der Waals surface area contributed by atoms with Crippen molar-refractivity contribution in [2.45, 2.75) is 75.5 Å². The molecule has 2 nitrogen and oxygen atoms in total. The van der Waals surface area contributed by atoms with Crippen LogP contribution in [0.2, 0.25) is 0 Å². The van der Waals surface area contributed by atoms with Gasteiger partial charge in [0.15, 0.2) is 4.90 Å². The minimum absolute atomic E-state index is 0.0781. The van der Waals surface area contributed by atoms with Gasteiger partial charge in [0.2, 0.25) is 0 Å². The van der Waals surface area contributed by atoms with E-state index in [1.165, 1.54) is 92.4 Å². The summed E-state index contributed by atoms with van der Waals surface area (Å²) in [6.45, 7) is 0. The number of esters is 1. The van der Waals surface area contributed by atoms with Crippen LogP contribution in [-0.4, -0.2) is 17.5 Å². The summed E-state index contributed by atoms with van der Waals surface area (Å²) in [6.07, 6.45) is 14.5. The zero-order valence-corrected chi connectivity index (χ0v) is 20.1. The van der Waals surface area contributed by atoms with Crippen LogP contribution in [0.15, 0.2) is 41.3 Å². The van der Waals surface area contributed by atoms with Crippen LogP contribution in [0.25, 0.3) is 10.8 Å². The second kappa shape index (κ2) is 9.05. The Morgan fingerprint density at radius 1 is 0.688 bits per heavy atom. The van der Waals surface area contributed by atoms with E-state index in [0.29, 0.717) is 22.7 Å². The molecule has 3 saturated carbocycles. The van der Waals surface area contributed by atoms with E-state index < -0.39 is 0 Å². The largest absolute Gasteiger partial charge is 0.426 e. The SMILES string of the molecule is O=C(Oc1ccc([S+]2CCCCC2)c2ccccc12)C1C2CCCCC2C2CCCCC21. The first-order valence-electron chi connectivity index (χ1n) is 13.2. The fourth-order valence-corrected chi connectivity index (χ4v) is 10.3. The van der Waals surface area contributed by atoms with Gasteiger partial charge in [0.1, 0.15) is 17.3 Å². The fourth-order valence-electron chi connectivity index (χ4n) is 7.81. The van der Waals surface area contributed by atoms with Gasteiger partial charge in [-0.15, -0.1) is 0 Å². The van der Waals surface area contributed by atoms with Crippen LogP contribution in [0.4, 0.5) is 0 Å². The van der Waals surface area contributed by atoms with E-state index in [1.54, 1.807) is 0 Å². The second-order valence-corrected chi connectivity index (χ2v) is 13.0. The van der Waals surface area contributed by atoms with Crippen molar-refractivity contribution in [3.63, 3.8) is 0 Å². The summed E-state index contributed by atoms with van der Waals surface area (Å²) in [6, 6.07) is 13.0. The first-order valence-corrected chi connectivity index (χ1v) is 14.8. The summed E-state index contributed by atoms with van der Waals surface area (Å²) in [7, 11) is 0.343. The lowest BCUT2D eigenvalue weighted by Gasteiger charge is -2.32. The molecule has 2 aromatic rings. The summed E-state index contributed by atoms with van der Waals surface area (Å²) in [5, 5.41) is 2.44. The van der Waals surface area contributed by atoms with Crippen LogP contribution in [0.1, 0.15) is 70.6 Å². The van der Waals surface area contributed by atoms with E-state index >= 15 is 0 Å². The first-order chi connectivity index (χ1) is 15.8. The zero-order valence-electron chi connectivity index (χ0n) is 19.3. The molecule has 32 heavy (non-hydrogen) atoms. The number of rotatable bonds is 3. The van der Waals surface area contributed by atoms with Crippen molar-refractivity contribution in [2.75, 3.05) is 11.5 Å². The lowest BCUT2D eigenvalue weighted by molar-refractivity contribution is -0.142. The highest BCUT2D eigenvalue weighted by molar-refractivity contribution is 7.97. The molecule has 0 radical (unpaired) electrons. The van der Waals surface area contributed by atoms with Gasteiger partial charge >= 0.3 is 5.97 Å². The minimum Gasteiger partial charge on any atom is -0.426 e. The van der Waals surface area contributed by atoms with Gasteiger partial charge in [-0.2, -0.15) is 0 Å². The molecular weight excluding hydrogens is 412 g/mol. The lowest BCUT2D eigenvalue weighted by atomic mass is 9.73. The molecule has 6 rings (SSSR count). The standard InChI is InChI=1S/C29H37O2S/c30-29(28-24-14-6-2-10-20(24)21-11-3-7-15-25(21)28)31-26-16-17-27(32-18-8-1-9-19-32)23-13-5-4-12-22(23)26/h4-5,12-13,16-17,20-21,24-25,28H,1-3,6-11,14-15,18-19H2/q+1. The van der Waals surface area contributed by atoms with Gasteiger partial charge in [-0.05, 0) is 86.8 Å². The molecule has 1 heterocycles. The average Bonchev–Trinajstić information content (AvgIpc) is 3.19. The van der Waals surface area contributed by atoms with E-state index in [0.717, 1.165) is 23.0 Å². The molecule has 4 atom stereocenters. The van der Waals surface area contributed by atoms with Crippen molar-refractivity contribution in [1.29, 1.82) is 0 Å². The third-order valence-electron chi connectivity index (χ3n) is 9.14. The number of carbonyl (C=O) groups is 1. The topological polar surface area (TPSA) is 26.3 Å². The number of hydrogen-bond donors (Lipinski definition) is 0. The van der Waals surface area contributed by atoms with Gasteiger partial charge in [0.25, 0.3) is 0 Å². The Morgan fingerprint density at radius 3 is 1.94 bits per heavy atom.